The summed E-state index contributed by atoms with van der Waals surface area (Å²) in [6.45, 7) is 2.01. The van der Waals surface area contributed by atoms with E-state index in [4.69, 9.17) is 4.74 Å². The van der Waals surface area contributed by atoms with E-state index in [9.17, 15) is 14.7 Å². The van der Waals surface area contributed by atoms with Crippen molar-refractivity contribution >= 4 is 17.6 Å². The van der Waals surface area contributed by atoms with Crippen molar-refractivity contribution in [1.29, 1.82) is 0 Å². The number of carboxylic acids is 1. The molecule has 0 aliphatic carbocycles. The molecule has 0 saturated carbocycles. The second-order valence-corrected chi connectivity index (χ2v) is 5.34. The first-order chi connectivity index (χ1) is 10.1. The summed E-state index contributed by atoms with van der Waals surface area (Å²) >= 11 is 0. The Hall–Kier alpha value is -2.14. The van der Waals surface area contributed by atoms with Gasteiger partial charge in [0.25, 0.3) is 0 Å². The van der Waals surface area contributed by atoms with Gasteiger partial charge in [0.1, 0.15) is 5.92 Å². The molecule has 1 aromatic rings. The van der Waals surface area contributed by atoms with Crippen LogP contribution in [-0.2, 0) is 20.7 Å². The molecule has 0 unspecified atom stereocenters. The van der Waals surface area contributed by atoms with E-state index >= 15 is 0 Å². The van der Waals surface area contributed by atoms with Crippen LogP contribution in [0.25, 0.3) is 0 Å². The minimum Gasteiger partial charge on any atom is -0.481 e. The number of aryl methyl sites for hydroxylation is 1. The Labute approximate surface area is 122 Å². The minimum atomic E-state index is -0.990. The first-order valence-corrected chi connectivity index (χ1v) is 7.07. The van der Waals surface area contributed by atoms with Crippen LogP contribution in [0.3, 0.4) is 0 Å². The Morgan fingerprint density at radius 2 is 1.86 bits per heavy atom. The second-order valence-electron chi connectivity index (χ2n) is 5.34. The zero-order valence-corrected chi connectivity index (χ0v) is 11.7. The maximum absolute atomic E-state index is 12.5. The van der Waals surface area contributed by atoms with Crippen molar-refractivity contribution in [3.8, 4) is 0 Å². The number of nitrogens with one attached hydrogen (secondary N) is 1. The molecule has 3 rings (SSSR count). The number of ether oxygens (including phenoxy) is 1. The van der Waals surface area contributed by atoms with Crippen molar-refractivity contribution in [1.82, 2.24) is 0 Å². The molecule has 5 nitrogen and oxygen atoms in total. The Balaban J connectivity index is 1.82. The summed E-state index contributed by atoms with van der Waals surface area (Å²) in [7, 11) is 0. The van der Waals surface area contributed by atoms with Gasteiger partial charge in [0.15, 0.2) is 0 Å². The van der Waals surface area contributed by atoms with E-state index in [0.29, 0.717) is 0 Å². The van der Waals surface area contributed by atoms with Crippen molar-refractivity contribution < 1.29 is 19.4 Å². The van der Waals surface area contributed by atoms with Crippen LogP contribution in [0.5, 0.6) is 0 Å². The molecule has 110 valence electrons. The lowest BCUT2D eigenvalue weighted by atomic mass is 9.82. The summed E-state index contributed by atoms with van der Waals surface area (Å²) in [4.78, 5) is 23.9. The number of hydrogen-bond acceptors (Lipinski definition) is 3. The van der Waals surface area contributed by atoms with Crippen LogP contribution in [-0.4, -0.2) is 29.2 Å². The summed E-state index contributed by atoms with van der Waals surface area (Å²) in [5, 5.41) is 12.2. The SMILES string of the molecule is CCc1ccccc1NC(=O)[C@@H]1[C@@H](C(=O)O)[C@H]2C=C[C@@H]1O2. The predicted molar refractivity (Wildman–Crippen MR) is 76.9 cm³/mol. The van der Waals surface area contributed by atoms with Crippen LogP contribution in [0.2, 0.25) is 0 Å². The molecule has 1 aromatic carbocycles. The van der Waals surface area contributed by atoms with Crippen molar-refractivity contribution in [2.24, 2.45) is 11.8 Å². The molecule has 1 fully saturated rings. The fourth-order valence-corrected chi connectivity index (χ4v) is 3.08. The van der Waals surface area contributed by atoms with Gasteiger partial charge in [0.2, 0.25) is 5.91 Å². The number of anilines is 1. The zero-order chi connectivity index (χ0) is 15.0. The zero-order valence-electron chi connectivity index (χ0n) is 11.7. The number of amides is 1. The summed E-state index contributed by atoms with van der Waals surface area (Å²) in [6.07, 6.45) is 3.37. The van der Waals surface area contributed by atoms with Crippen LogP contribution in [0, 0.1) is 11.8 Å². The van der Waals surface area contributed by atoms with E-state index < -0.39 is 30.0 Å². The van der Waals surface area contributed by atoms with E-state index in [1.165, 1.54) is 0 Å². The van der Waals surface area contributed by atoms with Gasteiger partial charge < -0.3 is 15.2 Å². The van der Waals surface area contributed by atoms with Crippen molar-refractivity contribution in [3.05, 3.63) is 42.0 Å². The first kappa shape index (κ1) is 13.8. The number of fused-ring (bicyclic) bond motifs is 2. The summed E-state index contributed by atoms with van der Waals surface area (Å²) in [6, 6.07) is 7.54. The molecule has 2 N–H and O–H groups in total. The largest absolute Gasteiger partial charge is 0.481 e. The molecule has 2 bridgehead atoms. The van der Waals surface area contributed by atoms with E-state index in [-0.39, 0.29) is 5.91 Å². The quantitative estimate of drug-likeness (QED) is 0.829. The van der Waals surface area contributed by atoms with Gasteiger partial charge in [-0.15, -0.1) is 0 Å². The van der Waals surface area contributed by atoms with Crippen molar-refractivity contribution in [3.63, 3.8) is 0 Å². The highest BCUT2D eigenvalue weighted by molar-refractivity contribution is 5.97. The molecule has 1 saturated heterocycles. The van der Waals surface area contributed by atoms with Crippen LogP contribution >= 0.6 is 0 Å². The smallest absolute Gasteiger partial charge is 0.310 e. The van der Waals surface area contributed by atoms with Gasteiger partial charge >= 0.3 is 5.97 Å². The average molecular weight is 287 g/mol. The van der Waals surface area contributed by atoms with Gasteiger partial charge in [-0.25, -0.2) is 0 Å². The maximum atomic E-state index is 12.5. The average Bonchev–Trinajstić information content (AvgIpc) is 3.08. The van der Waals surface area contributed by atoms with Gasteiger partial charge in [-0.1, -0.05) is 37.3 Å². The monoisotopic (exact) mass is 287 g/mol. The number of rotatable bonds is 4. The van der Waals surface area contributed by atoms with Gasteiger partial charge in [0.05, 0.1) is 18.1 Å². The molecule has 2 aliphatic rings. The van der Waals surface area contributed by atoms with Crippen LogP contribution in [0.1, 0.15) is 12.5 Å². The molecule has 2 aliphatic heterocycles. The second kappa shape index (κ2) is 5.33. The number of para-hydroxylation sites is 1. The molecule has 2 heterocycles. The number of carbonyl (C=O) groups is 2. The highest BCUT2D eigenvalue weighted by atomic mass is 16.5. The Bertz CT molecular complexity index is 610. The van der Waals surface area contributed by atoms with E-state index in [2.05, 4.69) is 5.32 Å². The molecule has 21 heavy (non-hydrogen) atoms. The molecule has 0 spiro atoms. The molecule has 5 heteroatoms. The lowest BCUT2D eigenvalue weighted by Crippen LogP contribution is -2.39. The molecule has 0 aromatic heterocycles. The molecule has 4 atom stereocenters. The normalized spacial score (nSPS) is 29.6. The molecular formula is C16H17NO4. The van der Waals surface area contributed by atoms with E-state index in [1.807, 2.05) is 31.2 Å². The van der Waals surface area contributed by atoms with Crippen LogP contribution in [0.15, 0.2) is 36.4 Å². The predicted octanol–water partition coefficient (Wildman–Crippen LogP) is 1.84. The number of carbonyl (C=O) groups excluding carboxylic acids is 1. The highest BCUT2D eigenvalue weighted by Crippen LogP contribution is 2.40. The summed E-state index contributed by atoms with van der Waals surface area (Å²) in [5.41, 5.74) is 1.76. The van der Waals surface area contributed by atoms with Gasteiger partial charge in [-0.2, -0.15) is 0 Å². The third-order valence-corrected chi connectivity index (χ3v) is 4.14. The maximum Gasteiger partial charge on any atom is 0.310 e. The Kier molecular flexibility index (Phi) is 3.51. The molecule has 0 radical (unpaired) electrons. The lowest BCUT2D eigenvalue weighted by molar-refractivity contribution is -0.145. The topological polar surface area (TPSA) is 75.6 Å². The minimum absolute atomic E-state index is 0.292. The van der Waals surface area contributed by atoms with Crippen LogP contribution < -0.4 is 5.32 Å². The molecular weight excluding hydrogens is 270 g/mol. The third-order valence-electron chi connectivity index (χ3n) is 4.14. The standard InChI is InChI=1S/C16H17NO4/c1-2-9-5-3-4-6-10(9)17-15(18)13-11-7-8-12(21-11)14(13)16(19)20/h3-8,11-14H,2H2,1H3,(H,17,18)(H,19,20)/t11-,12+,13-,14-/m0/s1. The number of carboxylic acid groups (broad SMARTS) is 1. The summed E-state index contributed by atoms with van der Waals surface area (Å²) in [5.74, 6) is -2.77. The van der Waals surface area contributed by atoms with Crippen molar-refractivity contribution in [2.45, 2.75) is 25.6 Å². The fourth-order valence-electron chi connectivity index (χ4n) is 3.08. The highest BCUT2D eigenvalue weighted by Gasteiger charge is 2.53. The Morgan fingerprint density at radius 1 is 1.19 bits per heavy atom. The summed E-state index contributed by atoms with van der Waals surface area (Å²) < 4.78 is 5.52. The number of benzene rings is 1. The van der Waals surface area contributed by atoms with Gasteiger partial charge in [-0.3, -0.25) is 9.59 Å². The van der Waals surface area contributed by atoms with E-state index in [0.717, 1.165) is 17.7 Å². The first-order valence-electron chi connectivity index (χ1n) is 7.07. The lowest BCUT2D eigenvalue weighted by Gasteiger charge is -2.21. The Morgan fingerprint density at radius 3 is 2.52 bits per heavy atom. The number of hydrogen-bond donors (Lipinski definition) is 2. The molecule has 1 amide bonds. The van der Waals surface area contributed by atoms with Gasteiger partial charge in [0, 0.05) is 5.69 Å². The van der Waals surface area contributed by atoms with Crippen LogP contribution in [0.4, 0.5) is 5.69 Å². The van der Waals surface area contributed by atoms with Gasteiger partial charge in [-0.05, 0) is 18.1 Å². The third kappa shape index (κ3) is 2.34. The van der Waals surface area contributed by atoms with E-state index in [1.54, 1.807) is 12.2 Å². The fraction of sp³-hybridized carbons (Fsp3) is 0.375. The van der Waals surface area contributed by atoms with Crippen molar-refractivity contribution in [2.75, 3.05) is 5.32 Å². The number of aliphatic carboxylic acids is 1.